The van der Waals surface area contributed by atoms with Crippen LogP contribution in [0.25, 0.3) is 10.6 Å². The summed E-state index contributed by atoms with van der Waals surface area (Å²) in [7, 11) is -3.83. The van der Waals surface area contributed by atoms with E-state index in [2.05, 4.69) is 4.98 Å². The molecular weight excluding hydrogens is 367 g/mol. The minimum atomic E-state index is -3.83. The van der Waals surface area contributed by atoms with Crippen molar-refractivity contribution in [2.24, 2.45) is 0 Å². The van der Waals surface area contributed by atoms with E-state index in [-0.39, 0.29) is 17.0 Å². The van der Waals surface area contributed by atoms with Crippen LogP contribution in [0.2, 0.25) is 0 Å². The molecule has 3 rings (SSSR count). The number of carbonyl (C=O) groups is 1. The summed E-state index contributed by atoms with van der Waals surface area (Å²) in [6.07, 6.45) is 2.08. The molecule has 1 amide bonds. The minimum Gasteiger partial charge on any atom is -0.377 e. The van der Waals surface area contributed by atoms with E-state index < -0.39 is 27.9 Å². The van der Waals surface area contributed by atoms with Gasteiger partial charge in [0.05, 0.1) is 11.9 Å². The van der Waals surface area contributed by atoms with Crippen molar-refractivity contribution in [3.05, 3.63) is 41.2 Å². The lowest BCUT2D eigenvalue weighted by atomic mass is 10.1. The van der Waals surface area contributed by atoms with Crippen molar-refractivity contribution in [2.75, 3.05) is 12.4 Å². The second-order valence-electron chi connectivity index (χ2n) is 5.72. The summed E-state index contributed by atoms with van der Waals surface area (Å²) in [5.41, 5.74) is 0.210. The number of hydrogen-bond donors (Lipinski definition) is 1. The summed E-state index contributed by atoms with van der Waals surface area (Å²) in [5.74, 6) is -1.54. The Morgan fingerprint density at radius 2 is 2.16 bits per heavy atom. The van der Waals surface area contributed by atoms with Gasteiger partial charge in [0, 0.05) is 17.6 Å². The van der Waals surface area contributed by atoms with Crippen LogP contribution in [0.1, 0.15) is 29.8 Å². The van der Waals surface area contributed by atoms with Gasteiger partial charge in [-0.05, 0) is 31.4 Å². The maximum Gasteiger partial charge on any atom is 0.284 e. The molecular formula is C16H17FN2O4S2. The monoisotopic (exact) mass is 384 g/mol. The molecule has 0 bridgehead atoms. The molecule has 6 nitrogen and oxygen atoms in total. The normalized spacial score (nSPS) is 18.0. The number of halogens is 1. The molecule has 2 heterocycles. The highest BCUT2D eigenvalue weighted by Gasteiger charge is 2.25. The van der Waals surface area contributed by atoms with E-state index >= 15 is 0 Å². The van der Waals surface area contributed by atoms with Gasteiger partial charge in [-0.25, -0.2) is 22.5 Å². The lowest BCUT2D eigenvalue weighted by Crippen LogP contribution is -2.38. The van der Waals surface area contributed by atoms with E-state index in [0.29, 0.717) is 18.0 Å². The number of thiazole rings is 1. The van der Waals surface area contributed by atoms with Gasteiger partial charge in [0.15, 0.2) is 0 Å². The van der Waals surface area contributed by atoms with Crippen LogP contribution in [0, 0.1) is 5.82 Å². The van der Waals surface area contributed by atoms with Gasteiger partial charge < -0.3 is 4.74 Å². The summed E-state index contributed by atoms with van der Waals surface area (Å²) in [5, 5.41) is 1.72. The first kappa shape index (κ1) is 18.0. The third-order valence-corrected chi connectivity index (χ3v) is 5.95. The smallest absolute Gasteiger partial charge is 0.284 e. The Hall–Kier alpha value is -1.84. The van der Waals surface area contributed by atoms with Crippen molar-refractivity contribution >= 4 is 27.3 Å². The number of rotatable bonds is 5. The molecule has 1 N–H and O–H groups in total. The quantitative estimate of drug-likeness (QED) is 0.856. The predicted molar refractivity (Wildman–Crippen MR) is 92.4 cm³/mol. The van der Waals surface area contributed by atoms with E-state index in [0.717, 1.165) is 24.2 Å². The standard InChI is InChI=1S/C16H17FN2O4S2/c17-13-7-2-1-6-12(13)16-18-14(9-24-16)15(20)19-25(21,22)10-11-5-3-4-8-23-11/h1-2,6-7,9,11H,3-5,8,10H2,(H,19,20). The van der Waals surface area contributed by atoms with Gasteiger partial charge in [-0.15, -0.1) is 11.3 Å². The van der Waals surface area contributed by atoms with Crippen molar-refractivity contribution in [1.82, 2.24) is 9.71 Å². The van der Waals surface area contributed by atoms with Crippen LogP contribution in [0.5, 0.6) is 0 Å². The first-order valence-electron chi connectivity index (χ1n) is 7.81. The lowest BCUT2D eigenvalue weighted by Gasteiger charge is -2.22. The number of ether oxygens (including phenoxy) is 1. The number of benzene rings is 1. The highest BCUT2D eigenvalue weighted by molar-refractivity contribution is 7.90. The minimum absolute atomic E-state index is 0.0589. The fraction of sp³-hybridized carbons (Fsp3) is 0.375. The van der Waals surface area contributed by atoms with Crippen molar-refractivity contribution in [3.63, 3.8) is 0 Å². The number of sulfonamides is 1. The van der Waals surface area contributed by atoms with Crippen LogP contribution in [0.3, 0.4) is 0 Å². The Labute approximate surface area is 149 Å². The maximum absolute atomic E-state index is 13.8. The summed E-state index contributed by atoms with van der Waals surface area (Å²) < 4.78 is 45.4. The van der Waals surface area contributed by atoms with Crippen molar-refractivity contribution in [2.45, 2.75) is 25.4 Å². The molecule has 1 unspecified atom stereocenters. The molecule has 0 aliphatic carbocycles. The van der Waals surface area contributed by atoms with Gasteiger partial charge in [-0.2, -0.15) is 0 Å². The van der Waals surface area contributed by atoms with Crippen molar-refractivity contribution < 1.29 is 22.3 Å². The average Bonchev–Trinajstić information content (AvgIpc) is 3.05. The molecule has 1 fully saturated rings. The fourth-order valence-corrected chi connectivity index (χ4v) is 4.60. The topological polar surface area (TPSA) is 85.4 Å². The van der Waals surface area contributed by atoms with Gasteiger partial charge >= 0.3 is 0 Å². The van der Waals surface area contributed by atoms with E-state index in [1.165, 1.54) is 11.4 Å². The summed E-state index contributed by atoms with van der Waals surface area (Å²) in [6, 6.07) is 6.06. The number of nitrogens with one attached hydrogen (secondary N) is 1. The van der Waals surface area contributed by atoms with Gasteiger partial charge in [0.1, 0.15) is 16.5 Å². The average molecular weight is 384 g/mol. The van der Waals surface area contributed by atoms with Crippen LogP contribution in [-0.4, -0.2) is 37.8 Å². The molecule has 2 aromatic rings. The second-order valence-corrected chi connectivity index (χ2v) is 8.34. The molecule has 134 valence electrons. The Morgan fingerprint density at radius 1 is 1.36 bits per heavy atom. The zero-order valence-corrected chi connectivity index (χ0v) is 14.9. The molecule has 9 heteroatoms. The number of hydrogen-bond acceptors (Lipinski definition) is 6. The fourth-order valence-electron chi connectivity index (χ4n) is 2.56. The van der Waals surface area contributed by atoms with E-state index in [1.807, 2.05) is 4.72 Å². The molecule has 1 aliphatic rings. The van der Waals surface area contributed by atoms with Gasteiger partial charge in [-0.1, -0.05) is 12.1 Å². The van der Waals surface area contributed by atoms with Gasteiger partial charge in [0.2, 0.25) is 10.0 Å². The number of carbonyl (C=O) groups excluding carboxylic acids is 1. The van der Waals surface area contributed by atoms with Crippen molar-refractivity contribution in [3.8, 4) is 10.6 Å². The van der Waals surface area contributed by atoms with E-state index in [4.69, 9.17) is 4.74 Å². The zero-order valence-electron chi connectivity index (χ0n) is 13.3. The van der Waals surface area contributed by atoms with E-state index in [1.54, 1.807) is 18.2 Å². The molecule has 0 radical (unpaired) electrons. The van der Waals surface area contributed by atoms with Crippen LogP contribution < -0.4 is 4.72 Å². The van der Waals surface area contributed by atoms with Crippen LogP contribution in [0.15, 0.2) is 29.6 Å². The first-order valence-corrected chi connectivity index (χ1v) is 10.3. The molecule has 1 aliphatic heterocycles. The highest BCUT2D eigenvalue weighted by atomic mass is 32.2. The number of aromatic nitrogens is 1. The second kappa shape index (κ2) is 7.59. The largest absolute Gasteiger partial charge is 0.377 e. The Bertz CT molecular complexity index is 861. The highest BCUT2D eigenvalue weighted by Crippen LogP contribution is 2.26. The molecule has 1 aromatic heterocycles. The Balaban J connectivity index is 1.68. The van der Waals surface area contributed by atoms with Gasteiger partial charge in [-0.3, -0.25) is 4.79 Å². The Kier molecular flexibility index (Phi) is 5.45. The zero-order chi connectivity index (χ0) is 17.9. The molecule has 0 spiro atoms. The van der Waals surface area contributed by atoms with Crippen LogP contribution >= 0.6 is 11.3 Å². The number of amides is 1. The molecule has 0 saturated carbocycles. The number of nitrogens with zero attached hydrogens (tertiary/aromatic N) is 1. The van der Waals surface area contributed by atoms with Gasteiger partial charge in [0.25, 0.3) is 5.91 Å². The molecule has 25 heavy (non-hydrogen) atoms. The SMILES string of the molecule is O=C(NS(=O)(=O)CC1CCCCO1)c1csc(-c2ccccc2F)n1. The molecule has 1 saturated heterocycles. The molecule has 1 atom stereocenters. The Morgan fingerprint density at radius 3 is 2.88 bits per heavy atom. The van der Waals surface area contributed by atoms with Crippen molar-refractivity contribution in [1.29, 1.82) is 0 Å². The third kappa shape index (κ3) is 4.62. The third-order valence-electron chi connectivity index (χ3n) is 3.77. The lowest BCUT2D eigenvalue weighted by molar-refractivity contribution is 0.0304. The summed E-state index contributed by atoms with van der Waals surface area (Å²) in [4.78, 5) is 16.2. The maximum atomic E-state index is 13.8. The van der Waals surface area contributed by atoms with E-state index in [9.17, 15) is 17.6 Å². The first-order chi connectivity index (χ1) is 11.9. The predicted octanol–water partition coefficient (Wildman–Crippen LogP) is 2.58. The van der Waals surface area contributed by atoms with Crippen LogP contribution in [0.4, 0.5) is 4.39 Å². The van der Waals surface area contributed by atoms with Crippen LogP contribution in [-0.2, 0) is 14.8 Å². The molecule has 1 aromatic carbocycles. The summed E-state index contributed by atoms with van der Waals surface area (Å²) >= 11 is 1.08. The summed E-state index contributed by atoms with van der Waals surface area (Å²) in [6.45, 7) is 0.534.